The fourth-order valence-corrected chi connectivity index (χ4v) is 3.00. The first-order valence-electron chi connectivity index (χ1n) is 8.49. The first-order chi connectivity index (χ1) is 12.2. The molecule has 1 N–H and O–H groups in total. The van der Waals surface area contributed by atoms with Crippen LogP contribution in [0.5, 0.6) is 0 Å². The van der Waals surface area contributed by atoms with E-state index in [1.807, 2.05) is 12.1 Å². The highest BCUT2D eigenvalue weighted by atomic mass is 16.5. The van der Waals surface area contributed by atoms with Gasteiger partial charge in [-0.25, -0.2) is 0 Å². The van der Waals surface area contributed by atoms with E-state index in [2.05, 4.69) is 20.4 Å². The number of rotatable bonds is 6. The summed E-state index contributed by atoms with van der Waals surface area (Å²) in [6.45, 7) is 0.742. The van der Waals surface area contributed by atoms with Gasteiger partial charge in [-0.2, -0.15) is 4.98 Å². The zero-order valence-electron chi connectivity index (χ0n) is 13.7. The predicted octanol–water partition coefficient (Wildman–Crippen LogP) is 1.35. The molecule has 2 aromatic heterocycles. The molecule has 1 aliphatic heterocycles. The van der Waals surface area contributed by atoms with Crippen LogP contribution in [0.3, 0.4) is 0 Å². The van der Waals surface area contributed by atoms with Crippen molar-refractivity contribution in [2.75, 3.05) is 0 Å². The van der Waals surface area contributed by atoms with Gasteiger partial charge in [0.05, 0.1) is 6.54 Å². The molecule has 130 valence electrons. The highest BCUT2D eigenvalue weighted by Gasteiger charge is 2.36. The van der Waals surface area contributed by atoms with Crippen LogP contribution in [-0.2, 0) is 22.7 Å². The van der Waals surface area contributed by atoms with E-state index in [1.54, 1.807) is 17.3 Å². The third-order valence-corrected chi connectivity index (χ3v) is 4.57. The summed E-state index contributed by atoms with van der Waals surface area (Å²) >= 11 is 0. The zero-order chi connectivity index (χ0) is 17.2. The molecular weight excluding hydrogens is 322 g/mol. The maximum Gasteiger partial charge on any atom is 0.249 e. The average molecular weight is 341 g/mol. The molecule has 2 aliphatic rings. The molecule has 1 aliphatic carbocycles. The lowest BCUT2D eigenvalue weighted by molar-refractivity contribution is -0.130. The van der Waals surface area contributed by atoms with Gasteiger partial charge in [0, 0.05) is 31.3 Å². The number of nitrogens with zero attached hydrogens (tertiary/aromatic N) is 4. The second-order valence-corrected chi connectivity index (χ2v) is 6.47. The first-order valence-corrected chi connectivity index (χ1v) is 8.49. The number of hydrogen-bond donors (Lipinski definition) is 1. The van der Waals surface area contributed by atoms with Crippen molar-refractivity contribution in [3.05, 3.63) is 41.8 Å². The lowest BCUT2D eigenvalue weighted by Gasteiger charge is -2.21. The summed E-state index contributed by atoms with van der Waals surface area (Å²) in [5.74, 6) is 1.13. The van der Waals surface area contributed by atoms with Crippen molar-refractivity contribution in [3.63, 3.8) is 0 Å². The van der Waals surface area contributed by atoms with E-state index < -0.39 is 0 Å². The molecule has 4 rings (SSSR count). The normalized spacial score (nSPS) is 20.1. The van der Waals surface area contributed by atoms with Gasteiger partial charge in [0.15, 0.2) is 5.82 Å². The summed E-state index contributed by atoms with van der Waals surface area (Å²) in [4.78, 5) is 34.0. The van der Waals surface area contributed by atoms with Crippen molar-refractivity contribution in [2.24, 2.45) is 5.92 Å². The molecule has 8 nitrogen and oxygen atoms in total. The Morgan fingerprint density at radius 3 is 2.84 bits per heavy atom. The number of nitrogens with one attached hydrogen (secondary N) is 1. The quantitative estimate of drug-likeness (QED) is 0.851. The van der Waals surface area contributed by atoms with E-state index in [-0.39, 0.29) is 30.3 Å². The topological polar surface area (TPSA) is 101 Å². The summed E-state index contributed by atoms with van der Waals surface area (Å²) < 4.78 is 5.35. The molecule has 1 saturated heterocycles. The van der Waals surface area contributed by atoms with Crippen LogP contribution >= 0.6 is 0 Å². The molecular formula is C17H19N5O3. The molecule has 1 saturated carbocycles. The number of pyridine rings is 1. The van der Waals surface area contributed by atoms with Crippen LogP contribution < -0.4 is 5.32 Å². The molecule has 25 heavy (non-hydrogen) atoms. The molecule has 3 heterocycles. The maximum atomic E-state index is 12.2. The lowest BCUT2D eigenvalue weighted by Crippen LogP contribution is -2.27. The molecule has 8 heteroatoms. The zero-order valence-corrected chi connectivity index (χ0v) is 13.7. The molecule has 0 bridgehead atoms. The largest absolute Gasteiger partial charge is 0.348 e. The summed E-state index contributed by atoms with van der Waals surface area (Å²) in [6.07, 6.45) is 6.44. The van der Waals surface area contributed by atoms with E-state index in [4.69, 9.17) is 4.52 Å². The highest BCUT2D eigenvalue weighted by molar-refractivity contribution is 5.80. The Balaban J connectivity index is 1.42. The second kappa shape index (κ2) is 6.62. The fourth-order valence-electron chi connectivity index (χ4n) is 3.00. The van der Waals surface area contributed by atoms with Gasteiger partial charge in [0.1, 0.15) is 6.04 Å². The summed E-state index contributed by atoms with van der Waals surface area (Å²) in [6, 6.07) is 3.55. The Morgan fingerprint density at radius 1 is 1.28 bits per heavy atom. The van der Waals surface area contributed by atoms with Crippen LogP contribution in [0.4, 0.5) is 0 Å². The molecule has 0 unspecified atom stereocenters. The SMILES string of the molecule is O=C(NCc1noc([C@@H]2CCC(=O)N2Cc2ccncc2)n1)C1CC1. The van der Waals surface area contributed by atoms with Gasteiger partial charge < -0.3 is 14.7 Å². The number of hydrogen-bond acceptors (Lipinski definition) is 6. The van der Waals surface area contributed by atoms with Crippen molar-refractivity contribution in [3.8, 4) is 0 Å². The van der Waals surface area contributed by atoms with Crippen LogP contribution in [0.25, 0.3) is 0 Å². The minimum Gasteiger partial charge on any atom is -0.348 e. The number of carbonyl (C=O) groups is 2. The monoisotopic (exact) mass is 341 g/mol. The molecule has 1 atom stereocenters. The van der Waals surface area contributed by atoms with Crippen molar-refractivity contribution < 1.29 is 14.1 Å². The standard InChI is InChI=1S/C17H19N5O3/c23-15-4-3-13(22(15)10-11-5-7-18-8-6-11)17-20-14(21-25-17)9-19-16(24)12-1-2-12/h5-8,12-13H,1-4,9-10H2,(H,19,24)/t13-/m0/s1. The molecule has 0 radical (unpaired) electrons. The Kier molecular flexibility index (Phi) is 4.17. The number of likely N-dealkylation sites (tertiary alicyclic amines) is 1. The Labute approximate surface area is 144 Å². The van der Waals surface area contributed by atoms with Gasteiger partial charge in [-0.1, -0.05) is 5.16 Å². The predicted molar refractivity (Wildman–Crippen MR) is 85.6 cm³/mol. The van der Waals surface area contributed by atoms with Gasteiger partial charge >= 0.3 is 0 Å². The number of aromatic nitrogens is 3. The Bertz CT molecular complexity index is 772. The van der Waals surface area contributed by atoms with Crippen LogP contribution in [0.1, 0.15) is 49.0 Å². The minimum atomic E-state index is -0.221. The van der Waals surface area contributed by atoms with E-state index in [0.29, 0.717) is 31.1 Å². The fraction of sp³-hybridized carbons (Fsp3) is 0.471. The molecule has 0 spiro atoms. The second-order valence-electron chi connectivity index (χ2n) is 6.47. The Morgan fingerprint density at radius 2 is 2.08 bits per heavy atom. The molecule has 0 aromatic carbocycles. The van der Waals surface area contributed by atoms with E-state index >= 15 is 0 Å². The highest BCUT2D eigenvalue weighted by Crippen LogP contribution is 2.33. The van der Waals surface area contributed by atoms with Gasteiger partial charge in [0.25, 0.3) is 0 Å². The third-order valence-electron chi connectivity index (χ3n) is 4.57. The van der Waals surface area contributed by atoms with Crippen LogP contribution in [0.2, 0.25) is 0 Å². The summed E-state index contributed by atoms with van der Waals surface area (Å²) in [5.41, 5.74) is 1.01. The summed E-state index contributed by atoms with van der Waals surface area (Å²) in [5, 5.41) is 6.74. The van der Waals surface area contributed by atoms with Crippen molar-refractivity contribution in [1.82, 2.24) is 25.3 Å². The smallest absolute Gasteiger partial charge is 0.249 e. The molecule has 2 amide bonds. The lowest BCUT2D eigenvalue weighted by atomic mass is 10.2. The van der Waals surface area contributed by atoms with Crippen molar-refractivity contribution >= 4 is 11.8 Å². The van der Waals surface area contributed by atoms with E-state index in [9.17, 15) is 9.59 Å². The van der Waals surface area contributed by atoms with Crippen molar-refractivity contribution in [1.29, 1.82) is 0 Å². The molecule has 2 aromatic rings. The third kappa shape index (κ3) is 3.52. The molecule has 2 fully saturated rings. The number of amides is 2. The first kappa shape index (κ1) is 15.7. The van der Waals surface area contributed by atoms with Crippen LogP contribution in [0, 0.1) is 5.92 Å². The summed E-state index contributed by atoms with van der Waals surface area (Å²) in [7, 11) is 0. The van der Waals surface area contributed by atoms with Crippen LogP contribution in [0.15, 0.2) is 29.0 Å². The minimum absolute atomic E-state index is 0.0432. The van der Waals surface area contributed by atoms with E-state index in [0.717, 1.165) is 18.4 Å². The Hall–Kier alpha value is -2.77. The van der Waals surface area contributed by atoms with Gasteiger partial charge in [-0.3, -0.25) is 14.6 Å². The van der Waals surface area contributed by atoms with Gasteiger partial charge in [-0.05, 0) is 37.0 Å². The van der Waals surface area contributed by atoms with Crippen molar-refractivity contribution in [2.45, 2.75) is 44.8 Å². The maximum absolute atomic E-state index is 12.2. The van der Waals surface area contributed by atoms with Crippen LogP contribution in [-0.4, -0.2) is 31.8 Å². The number of carbonyl (C=O) groups excluding carboxylic acids is 2. The van der Waals surface area contributed by atoms with Gasteiger partial charge in [0.2, 0.25) is 17.7 Å². The van der Waals surface area contributed by atoms with E-state index in [1.165, 1.54) is 0 Å². The average Bonchev–Trinajstić information content (AvgIpc) is 3.28. The van der Waals surface area contributed by atoms with Gasteiger partial charge in [-0.15, -0.1) is 0 Å².